The van der Waals surface area contributed by atoms with Gasteiger partial charge in [-0.1, -0.05) is 18.2 Å². The lowest BCUT2D eigenvalue weighted by Gasteiger charge is -2.31. The minimum absolute atomic E-state index is 0. The zero-order valence-electron chi connectivity index (χ0n) is 13.0. The summed E-state index contributed by atoms with van der Waals surface area (Å²) >= 11 is 0. The summed E-state index contributed by atoms with van der Waals surface area (Å²) in [6.07, 6.45) is 2.04. The number of benzene rings is 1. The van der Waals surface area contributed by atoms with Gasteiger partial charge in [-0.05, 0) is 44.9 Å². The van der Waals surface area contributed by atoms with Crippen molar-refractivity contribution in [2.75, 3.05) is 26.7 Å². The van der Waals surface area contributed by atoms with Crippen LogP contribution in [0.3, 0.4) is 0 Å². The Balaban J connectivity index is 0.00000220. The molecule has 0 aromatic heterocycles. The standard InChI is InChI=1S/C16H24N2O2.ClH/c1-12-5-4-6-13(2)16(12)20-11-15(19)18-9-7-14(17-3)8-10-18;/h4-6,14,17H,7-11H2,1-3H3;1H. The summed E-state index contributed by atoms with van der Waals surface area (Å²) in [6, 6.07) is 6.55. The summed E-state index contributed by atoms with van der Waals surface area (Å²) in [4.78, 5) is 14.1. The van der Waals surface area contributed by atoms with E-state index in [1.807, 2.05) is 44.0 Å². The molecule has 0 aliphatic carbocycles. The van der Waals surface area contributed by atoms with Gasteiger partial charge in [-0.3, -0.25) is 4.79 Å². The van der Waals surface area contributed by atoms with Gasteiger partial charge in [-0.2, -0.15) is 0 Å². The second kappa shape index (κ2) is 8.25. The van der Waals surface area contributed by atoms with E-state index < -0.39 is 0 Å². The van der Waals surface area contributed by atoms with Gasteiger partial charge in [0.1, 0.15) is 5.75 Å². The fourth-order valence-electron chi connectivity index (χ4n) is 2.67. The van der Waals surface area contributed by atoms with Crippen LogP contribution in [0.5, 0.6) is 5.75 Å². The average molecular weight is 313 g/mol. The molecule has 1 saturated heterocycles. The third-order valence-electron chi connectivity index (χ3n) is 4.00. The smallest absolute Gasteiger partial charge is 0.260 e. The maximum Gasteiger partial charge on any atom is 0.260 e. The third kappa shape index (κ3) is 4.61. The van der Waals surface area contributed by atoms with Crippen LogP contribution in [0.4, 0.5) is 0 Å². The number of carbonyl (C=O) groups excluding carboxylic acids is 1. The molecule has 5 heteroatoms. The first-order valence-corrected chi connectivity index (χ1v) is 7.26. The molecule has 118 valence electrons. The minimum atomic E-state index is 0. The van der Waals surface area contributed by atoms with E-state index in [-0.39, 0.29) is 24.9 Å². The fourth-order valence-corrected chi connectivity index (χ4v) is 2.67. The molecular formula is C16H25ClN2O2. The van der Waals surface area contributed by atoms with Crippen LogP contribution in [0.2, 0.25) is 0 Å². The van der Waals surface area contributed by atoms with Crippen molar-refractivity contribution >= 4 is 18.3 Å². The van der Waals surface area contributed by atoms with Gasteiger partial charge in [0.05, 0.1) is 0 Å². The van der Waals surface area contributed by atoms with Crippen molar-refractivity contribution in [2.24, 2.45) is 0 Å². The van der Waals surface area contributed by atoms with E-state index >= 15 is 0 Å². The first kappa shape index (κ1) is 17.8. The van der Waals surface area contributed by atoms with Crippen LogP contribution in [0.1, 0.15) is 24.0 Å². The topological polar surface area (TPSA) is 41.6 Å². The molecule has 4 nitrogen and oxygen atoms in total. The number of piperidine rings is 1. The first-order chi connectivity index (χ1) is 9.61. The number of rotatable bonds is 4. The average Bonchev–Trinajstić information content (AvgIpc) is 2.46. The number of aryl methyl sites for hydroxylation is 2. The van der Waals surface area contributed by atoms with E-state index in [4.69, 9.17) is 4.74 Å². The Labute approximate surface area is 133 Å². The van der Waals surface area contributed by atoms with Gasteiger partial charge in [0, 0.05) is 19.1 Å². The van der Waals surface area contributed by atoms with E-state index in [0.717, 1.165) is 42.8 Å². The molecular weight excluding hydrogens is 288 g/mol. The first-order valence-electron chi connectivity index (χ1n) is 7.26. The predicted molar refractivity (Wildman–Crippen MR) is 87.3 cm³/mol. The number of carbonyl (C=O) groups is 1. The molecule has 21 heavy (non-hydrogen) atoms. The molecule has 1 heterocycles. The summed E-state index contributed by atoms with van der Waals surface area (Å²) < 4.78 is 5.73. The second-order valence-electron chi connectivity index (χ2n) is 5.45. The number of hydrogen-bond acceptors (Lipinski definition) is 3. The Hall–Kier alpha value is -1.26. The highest BCUT2D eigenvalue weighted by atomic mass is 35.5. The largest absolute Gasteiger partial charge is 0.483 e. The van der Waals surface area contributed by atoms with Crippen molar-refractivity contribution in [1.29, 1.82) is 0 Å². The number of ether oxygens (including phenoxy) is 1. The van der Waals surface area contributed by atoms with Crippen LogP contribution >= 0.6 is 12.4 Å². The van der Waals surface area contributed by atoms with Gasteiger partial charge >= 0.3 is 0 Å². The van der Waals surface area contributed by atoms with Gasteiger partial charge in [-0.25, -0.2) is 0 Å². The van der Waals surface area contributed by atoms with E-state index in [9.17, 15) is 4.79 Å². The second-order valence-corrected chi connectivity index (χ2v) is 5.45. The maximum absolute atomic E-state index is 12.2. The monoisotopic (exact) mass is 312 g/mol. The van der Waals surface area contributed by atoms with Gasteiger partial charge in [0.15, 0.2) is 6.61 Å². The lowest BCUT2D eigenvalue weighted by Crippen LogP contribution is -2.45. The molecule has 1 aliphatic rings. The molecule has 0 bridgehead atoms. The third-order valence-corrected chi connectivity index (χ3v) is 4.00. The molecule has 2 rings (SSSR count). The SMILES string of the molecule is CNC1CCN(C(=O)COc2c(C)cccc2C)CC1.Cl. The van der Waals surface area contributed by atoms with Crippen LogP contribution < -0.4 is 10.1 Å². The van der Waals surface area contributed by atoms with E-state index in [2.05, 4.69) is 5.32 Å². The Kier molecular flexibility index (Phi) is 6.99. The molecule has 1 N–H and O–H groups in total. The Morgan fingerprint density at radius 3 is 2.38 bits per heavy atom. The number of para-hydroxylation sites is 1. The van der Waals surface area contributed by atoms with Crippen LogP contribution in [-0.4, -0.2) is 43.6 Å². The molecule has 0 radical (unpaired) electrons. The number of nitrogens with zero attached hydrogens (tertiary/aromatic N) is 1. The molecule has 1 aliphatic heterocycles. The van der Waals surface area contributed by atoms with Gasteiger partial charge in [0.2, 0.25) is 0 Å². The van der Waals surface area contributed by atoms with Crippen molar-refractivity contribution < 1.29 is 9.53 Å². The Morgan fingerprint density at radius 2 is 1.86 bits per heavy atom. The summed E-state index contributed by atoms with van der Waals surface area (Å²) in [6.45, 7) is 5.78. The highest BCUT2D eigenvalue weighted by molar-refractivity contribution is 5.85. The molecule has 1 aromatic carbocycles. The van der Waals surface area contributed by atoms with Crippen LogP contribution in [0, 0.1) is 13.8 Å². The molecule has 1 aromatic rings. The van der Waals surface area contributed by atoms with Crippen molar-refractivity contribution in [3.8, 4) is 5.75 Å². The molecule has 0 spiro atoms. The van der Waals surface area contributed by atoms with Gasteiger partial charge in [-0.15, -0.1) is 12.4 Å². The van der Waals surface area contributed by atoms with E-state index in [0.29, 0.717) is 6.04 Å². The number of likely N-dealkylation sites (tertiary alicyclic amines) is 1. The predicted octanol–water partition coefficient (Wildman–Crippen LogP) is 2.31. The van der Waals surface area contributed by atoms with Crippen LogP contribution in [-0.2, 0) is 4.79 Å². The quantitative estimate of drug-likeness (QED) is 0.927. The lowest BCUT2D eigenvalue weighted by molar-refractivity contribution is -0.134. The van der Waals surface area contributed by atoms with Crippen molar-refractivity contribution in [1.82, 2.24) is 10.2 Å². The Morgan fingerprint density at radius 1 is 1.29 bits per heavy atom. The zero-order chi connectivity index (χ0) is 14.5. The van der Waals surface area contributed by atoms with Crippen LogP contribution in [0.15, 0.2) is 18.2 Å². The highest BCUT2D eigenvalue weighted by Crippen LogP contribution is 2.22. The molecule has 0 atom stereocenters. The number of nitrogens with one attached hydrogen (secondary N) is 1. The van der Waals surface area contributed by atoms with Crippen LogP contribution in [0.25, 0.3) is 0 Å². The Bertz CT molecular complexity index is 451. The zero-order valence-corrected chi connectivity index (χ0v) is 13.8. The number of amides is 1. The highest BCUT2D eigenvalue weighted by Gasteiger charge is 2.22. The summed E-state index contributed by atoms with van der Waals surface area (Å²) in [5.41, 5.74) is 2.15. The number of hydrogen-bond donors (Lipinski definition) is 1. The summed E-state index contributed by atoms with van der Waals surface area (Å²) in [5, 5.41) is 3.27. The molecule has 1 fully saturated rings. The van der Waals surface area contributed by atoms with Crippen molar-refractivity contribution in [3.05, 3.63) is 29.3 Å². The molecule has 0 unspecified atom stereocenters. The summed E-state index contributed by atoms with van der Waals surface area (Å²) in [5.74, 6) is 0.924. The van der Waals surface area contributed by atoms with Gasteiger partial charge in [0.25, 0.3) is 5.91 Å². The fraction of sp³-hybridized carbons (Fsp3) is 0.562. The van der Waals surface area contributed by atoms with E-state index in [1.54, 1.807) is 0 Å². The van der Waals surface area contributed by atoms with Gasteiger partial charge < -0.3 is 15.0 Å². The molecule has 1 amide bonds. The summed E-state index contributed by atoms with van der Waals surface area (Å²) in [7, 11) is 1.98. The molecule has 0 saturated carbocycles. The lowest BCUT2D eigenvalue weighted by atomic mass is 10.1. The van der Waals surface area contributed by atoms with Crippen molar-refractivity contribution in [3.63, 3.8) is 0 Å². The minimum Gasteiger partial charge on any atom is -0.483 e. The number of halogens is 1. The normalized spacial score (nSPS) is 15.5. The maximum atomic E-state index is 12.2. The van der Waals surface area contributed by atoms with E-state index in [1.165, 1.54) is 0 Å². The van der Waals surface area contributed by atoms with Crippen molar-refractivity contribution in [2.45, 2.75) is 32.7 Å².